The SMILES string of the molecule is COC(=O)C1CN(Cc2cn(Cc3ccc(Cl)cc3)nn2)CCS(=O)(=O)N1Cc1ccccc1. The number of carbonyl (C=O) groups excluding carboxylic acids is 1. The van der Waals surface area contributed by atoms with E-state index in [0.717, 1.165) is 11.1 Å². The number of carbonyl (C=O) groups is 1. The van der Waals surface area contributed by atoms with Gasteiger partial charge in [-0.25, -0.2) is 13.1 Å². The molecule has 2 aromatic carbocycles. The summed E-state index contributed by atoms with van der Waals surface area (Å²) < 4.78 is 34.2. The van der Waals surface area contributed by atoms with Gasteiger partial charge in [0.1, 0.15) is 6.04 Å². The van der Waals surface area contributed by atoms with Crippen LogP contribution in [0.5, 0.6) is 0 Å². The molecule has 3 aromatic rings. The fourth-order valence-electron chi connectivity index (χ4n) is 3.92. The molecule has 1 unspecified atom stereocenters. The van der Waals surface area contributed by atoms with Gasteiger partial charge in [0.2, 0.25) is 10.0 Å². The molecule has 0 bridgehead atoms. The van der Waals surface area contributed by atoms with Crippen molar-refractivity contribution in [2.75, 3.05) is 26.0 Å². The van der Waals surface area contributed by atoms with Gasteiger partial charge in [0.15, 0.2) is 0 Å². The molecule has 34 heavy (non-hydrogen) atoms. The third-order valence-electron chi connectivity index (χ3n) is 5.69. The highest BCUT2D eigenvalue weighted by Crippen LogP contribution is 2.21. The maximum atomic E-state index is 13.1. The molecule has 11 heteroatoms. The predicted molar refractivity (Wildman–Crippen MR) is 127 cm³/mol. The van der Waals surface area contributed by atoms with Crippen LogP contribution in [-0.2, 0) is 39.2 Å². The topological polar surface area (TPSA) is 97.6 Å². The van der Waals surface area contributed by atoms with E-state index in [0.29, 0.717) is 23.8 Å². The highest BCUT2D eigenvalue weighted by Gasteiger charge is 2.39. The van der Waals surface area contributed by atoms with Gasteiger partial charge in [-0.2, -0.15) is 4.31 Å². The molecule has 1 fully saturated rings. The monoisotopic (exact) mass is 503 g/mol. The number of hydrogen-bond donors (Lipinski definition) is 0. The minimum absolute atomic E-state index is 0.105. The Kier molecular flexibility index (Phi) is 7.62. The molecule has 1 saturated heterocycles. The Balaban J connectivity index is 1.50. The molecular formula is C23H26ClN5O4S. The van der Waals surface area contributed by atoms with E-state index < -0.39 is 22.0 Å². The standard InChI is InChI=1S/C23H26ClN5O4S/c1-33-23(30)22-17-27(11-12-34(31,32)29(22)14-18-5-3-2-4-6-18)15-21-16-28(26-25-21)13-19-7-9-20(24)10-8-19/h2-10,16,22H,11-15,17H2,1H3. The lowest BCUT2D eigenvalue weighted by atomic mass is 10.2. The van der Waals surface area contributed by atoms with Crippen LogP contribution in [0.3, 0.4) is 0 Å². The molecule has 1 aliphatic heterocycles. The fraction of sp³-hybridized carbons (Fsp3) is 0.348. The molecule has 0 radical (unpaired) electrons. The van der Waals surface area contributed by atoms with E-state index >= 15 is 0 Å². The zero-order valence-electron chi connectivity index (χ0n) is 18.7. The molecule has 4 rings (SSSR count). The summed E-state index contributed by atoms with van der Waals surface area (Å²) in [4.78, 5) is 14.5. The number of rotatable bonds is 7. The van der Waals surface area contributed by atoms with Crippen molar-refractivity contribution in [3.63, 3.8) is 0 Å². The Labute approximate surface area is 203 Å². The van der Waals surface area contributed by atoms with Crippen molar-refractivity contribution in [2.45, 2.75) is 25.7 Å². The number of methoxy groups -OCH3 is 1. The van der Waals surface area contributed by atoms with Crippen molar-refractivity contribution < 1.29 is 17.9 Å². The van der Waals surface area contributed by atoms with Gasteiger partial charge in [-0.3, -0.25) is 9.69 Å². The molecule has 2 heterocycles. The van der Waals surface area contributed by atoms with Crippen LogP contribution < -0.4 is 0 Å². The molecule has 0 spiro atoms. The van der Waals surface area contributed by atoms with E-state index in [4.69, 9.17) is 16.3 Å². The van der Waals surface area contributed by atoms with Crippen molar-refractivity contribution in [3.05, 3.63) is 82.6 Å². The summed E-state index contributed by atoms with van der Waals surface area (Å²) >= 11 is 5.94. The molecular weight excluding hydrogens is 478 g/mol. The average Bonchev–Trinajstić information content (AvgIpc) is 3.23. The van der Waals surface area contributed by atoms with Crippen molar-refractivity contribution in [3.8, 4) is 0 Å². The van der Waals surface area contributed by atoms with Crippen molar-refractivity contribution in [2.24, 2.45) is 0 Å². The summed E-state index contributed by atoms with van der Waals surface area (Å²) in [7, 11) is -2.42. The number of sulfonamides is 1. The first kappa shape index (κ1) is 24.3. The van der Waals surface area contributed by atoms with Gasteiger partial charge in [0.25, 0.3) is 0 Å². The van der Waals surface area contributed by atoms with Crippen LogP contribution in [-0.4, -0.2) is 70.6 Å². The number of ether oxygens (including phenoxy) is 1. The van der Waals surface area contributed by atoms with Gasteiger partial charge in [-0.1, -0.05) is 59.3 Å². The van der Waals surface area contributed by atoms with Gasteiger partial charge < -0.3 is 4.74 Å². The highest BCUT2D eigenvalue weighted by atomic mass is 35.5. The predicted octanol–water partition coefficient (Wildman–Crippen LogP) is 2.17. The second-order valence-corrected chi connectivity index (χ2v) is 10.6. The van der Waals surface area contributed by atoms with Crippen LogP contribution in [0.1, 0.15) is 16.8 Å². The van der Waals surface area contributed by atoms with E-state index in [1.165, 1.54) is 11.4 Å². The van der Waals surface area contributed by atoms with E-state index in [1.807, 2.05) is 65.7 Å². The molecule has 0 N–H and O–H groups in total. The van der Waals surface area contributed by atoms with E-state index in [2.05, 4.69) is 10.3 Å². The van der Waals surface area contributed by atoms with Gasteiger partial charge in [-0.15, -0.1) is 5.10 Å². The zero-order valence-corrected chi connectivity index (χ0v) is 20.3. The molecule has 0 amide bonds. The Hall–Kier alpha value is -2.79. The lowest BCUT2D eigenvalue weighted by Crippen LogP contribution is -2.48. The zero-order chi connectivity index (χ0) is 24.1. The Morgan fingerprint density at radius 1 is 1.06 bits per heavy atom. The Morgan fingerprint density at radius 3 is 2.47 bits per heavy atom. The Bertz CT molecular complexity index is 1220. The summed E-state index contributed by atoms with van der Waals surface area (Å²) in [6.45, 7) is 1.47. The summed E-state index contributed by atoms with van der Waals surface area (Å²) in [6.07, 6.45) is 1.82. The number of benzene rings is 2. The van der Waals surface area contributed by atoms with E-state index in [-0.39, 0.29) is 25.4 Å². The average molecular weight is 504 g/mol. The van der Waals surface area contributed by atoms with Crippen LogP contribution in [0.4, 0.5) is 0 Å². The van der Waals surface area contributed by atoms with Crippen molar-refractivity contribution in [1.82, 2.24) is 24.2 Å². The minimum Gasteiger partial charge on any atom is -0.468 e. The molecule has 1 atom stereocenters. The summed E-state index contributed by atoms with van der Waals surface area (Å²) in [6, 6.07) is 15.7. The summed E-state index contributed by atoms with van der Waals surface area (Å²) in [5.74, 6) is -0.690. The number of halogens is 1. The van der Waals surface area contributed by atoms with Crippen LogP contribution >= 0.6 is 11.6 Å². The molecule has 0 saturated carbocycles. The van der Waals surface area contributed by atoms with Gasteiger partial charge in [0, 0.05) is 31.2 Å². The summed E-state index contributed by atoms with van der Waals surface area (Å²) in [5, 5.41) is 9.08. The lowest BCUT2D eigenvalue weighted by molar-refractivity contribution is -0.145. The third-order valence-corrected chi connectivity index (χ3v) is 7.73. The second kappa shape index (κ2) is 10.6. The summed E-state index contributed by atoms with van der Waals surface area (Å²) in [5.41, 5.74) is 2.52. The van der Waals surface area contributed by atoms with Crippen molar-refractivity contribution >= 4 is 27.6 Å². The smallest absolute Gasteiger partial charge is 0.325 e. The first-order valence-corrected chi connectivity index (χ1v) is 12.8. The second-order valence-electron chi connectivity index (χ2n) is 8.15. The van der Waals surface area contributed by atoms with Crippen LogP contribution in [0.2, 0.25) is 5.02 Å². The largest absolute Gasteiger partial charge is 0.468 e. The molecule has 0 aliphatic carbocycles. The molecule has 1 aliphatic rings. The highest BCUT2D eigenvalue weighted by molar-refractivity contribution is 7.89. The number of hydrogen-bond acceptors (Lipinski definition) is 7. The van der Waals surface area contributed by atoms with Crippen LogP contribution in [0.25, 0.3) is 0 Å². The first-order valence-electron chi connectivity index (χ1n) is 10.8. The first-order chi connectivity index (χ1) is 16.3. The lowest BCUT2D eigenvalue weighted by Gasteiger charge is -2.28. The normalized spacial score (nSPS) is 18.9. The third kappa shape index (κ3) is 6.01. The Morgan fingerprint density at radius 2 is 1.76 bits per heavy atom. The van der Waals surface area contributed by atoms with Gasteiger partial charge in [0.05, 0.1) is 31.3 Å². The quantitative estimate of drug-likeness (QED) is 0.456. The maximum Gasteiger partial charge on any atom is 0.325 e. The van der Waals surface area contributed by atoms with Crippen LogP contribution in [0.15, 0.2) is 60.8 Å². The minimum atomic E-state index is -3.69. The number of aromatic nitrogens is 3. The number of nitrogens with zero attached hydrogens (tertiary/aromatic N) is 5. The van der Waals surface area contributed by atoms with Gasteiger partial charge in [-0.05, 0) is 23.3 Å². The maximum absolute atomic E-state index is 13.1. The van der Waals surface area contributed by atoms with Crippen molar-refractivity contribution in [1.29, 1.82) is 0 Å². The van der Waals surface area contributed by atoms with Gasteiger partial charge >= 0.3 is 5.97 Å². The molecule has 1 aromatic heterocycles. The van der Waals surface area contributed by atoms with E-state index in [9.17, 15) is 13.2 Å². The molecule has 9 nitrogen and oxygen atoms in total. The fourth-order valence-corrected chi connectivity index (χ4v) is 5.66. The van der Waals surface area contributed by atoms with Crippen LogP contribution in [0, 0.1) is 0 Å². The van der Waals surface area contributed by atoms with E-state index in [1.54, 1.807) is 4.68 Å². The molecule has 180 valence electrons. The number of esters is 1.